The summed E-state index contributed by atoms with van der Waals surface area (Å²) in [5.74, 6) is 0.0227. The molecule has 3 rings (SSSR count). The fourth-order valence-electron chi connectivity index (χ4n) is 2.93. The van der Waals surface area contributed by atoms with Gasteiger partial charge in [0.25, 0.3) is 5.91 Å². The lowest BCUT2D eigenvalue weighted by molar-refractivity contribution is 0.0983. The Morgan fingerprint density at radius 1 is 1.14 bits per heavy atom. The smallest absolute Gasteiger partial charge is 0.261 e. The van der Waals surface area contributed by atoms with E-state index in [1.54, 1.807) is 23.1 Å². The molecular formula is C21H26ClN3OS2. The van der Waals surface area contributed by atoms with E-state index in [0.29, 0.717) is 6.54 Å². The molecule has 150 valence electrons. The summed E-state index contributed by atoms with van der Waals surface area (Å²) in [5.41, 5.74) is 2.89. The zero-order valence-electron chi connectivity index (χ0n) is 16.6. The van der Waals surface area contributed by atoms with Gasteiger partial charge < -0.3 is 4.90 Å². The molecule has 0 spiro atoms. The normalized spacial score (nSPS) is 10.9. The minimum Gasteiger partial charge on any atom is -0.309 e. The maximum atomic E-state index is 13.4. The van der Waals surface area contributed by atoms with Gasteiger partial charge in [0.05, 0.1) is 15.8 Å². The molecule has 0 atom stereocenters. The number of halogens is 1. The summed E-state index contributed by atoms with van der Waals surface area (Å²) in [4.78, 5) is 23.1. The Balaban J connectivity index is 0.00000280. The van der Waals surface area contributed by atoms with E-state index >= 15 is 0 Å². The Morgan fingerprint density at radius 2 is 1.89 bits per heavy atom. The first-order chi connectivity index (χ1) is 13.0. The largest absolute Gasteiger partial charge is 0.309 e. The number of amides is 1. The summed E-state index contributed by atoms with van der Waals surface area (Å²) in [6.07, 6.45) is 2.90. The molecule has 0 N–H and O–H groups in total. The van der Waals surface area contributed by atoms with E-state index in [1.165, 1.54) is 5.56 Å². The number of carbonyl (C=O) groups is 1. The fourth-order valence-corrected chi connectivity index (χ4v) is 4.61. The van der Waals surface area contributed by atoms with Gasteiger partial charge in [0.15, 0.2) is 5.13 Å². The van der Waals surface area contributed by atoms with Gasteiger partial charge in [0.1, 0.15) is 0 Å². The third kappa shape index (κ3) is 5.26. The second-order valence-electron chi connectivity index (χ2n) is 6.78. The van der Waals surface area contributed by atoms with E-state index in [0.717, 1.165) is 38.8 Å². The predicted molar refractivity (Wildman–Crippen MR) is 125 cm³/mol. The lowest BCUT2D eigenvalue weighted by Crippen LogP contribution is -2.33. The fraction of sp³-hybridized carbons (Fsp3) is 0.333. The second kappa shape index (κ2) is 10.3. The number of thioether (sulfide) groups is 1. The third-order valence-electron chi connectivity index (χ3n) is 4.33. The molecule has 28 heavy (non-hydrogen) atoms. The highest BCUT2D eigenvalue weighted by Crippen LogP contribution is 2.31. The summed E-state index contributed by atoms with van der Waals surface area (Å²) in [5, 5.41) is 0.773. The second-order valence-corrected chi connectivity index (χ2v) is 8.64. The number of benzene rings is 2. The standard InChI is InChI=1S/C21H25N3OS2.ClH/c1-15-10-11-17-19(14-15)27-21(22-17)24(13-7-12-23(2)3)20(25)16-8-5-6-9-18(16)26-4;/h5-6,8-11,14H,7,12-13H2,1-4H3;1H. The molecule has 0 saturated carbocycles. The van der Waals surface area contributed by atoms with Crippen LogP contribution in [0.1, 0.15) is 22.3 Å². The van der Waals surface area contributed by atoms with Crippen LogP contribution in [0.25, 0.3) is 10.2 Å². The van der Waals surface area contributed by atoms with Crippen molar-refractivity contribution in [3.05, 3.63) is 53.6 Å². The Bertz CT molecular complexity index is 942. The molecule has 0 radical (unpaired) electrons. The number of carbonyl (C=O) groups excluding carboxylic acids is 1. The van der Waals surface area contributed by atoms with Gasteiger partial charge in [-0.3, -0.25) is 9.69 Å². The number of aryl methyl sites for hydroxylation is 1. The SMILES string of the molecule is CSc1ccccc1C(=O)N(CCCN(C)C)c1nc2ccc(C)cc2s1.Cl. The molecule has 4 nitrogen and oxygen atoms in total. The summed E-state index contributed by atoms with van der Waals surface area (Å²) in [7, 11) is 4.10. The van der Waals surface area contributed by atoms with Crippen LogP contribution in [0.15, 0.2) is 47.4 Å². The molecule has 1 amide bonds. The number of thiazole rings is 1. The molecular weight excluding hydrogens is 410 g/mol. The molecule has 0 aliphatic carbocycles. The highest BCUT2D eigenvalue weighted by molar-refractivity contribution is 7.98. The number of rotatable bonds is 7. The van der Waals surface area contributed by atoms with Crippen LogP contribution in [0.2, 0.25) is 0 Å². The van der Waals surface area contributed by atoms with Crippen molar-refractivity contribution in [2.24, 2.45) is 0 Å². The average Bonchev–Trinajstić information content (AvgIpc) is 3.07. The van der Waals surface area contributed by atoms with Crippen molar-refractivity contribution >= 4 is 56.8 Å². The number of anilines is 1. The van der Waals surface area contributed by atoms with Crippen LogP contribution < -0.4 is 4.90 Å². The van der Waals surface area contributed by atoms with Crippen molar-refractivity contribution in [2.75, 3.05) is 38.3 Å². The monoisotopic (exact) mass is 435 g/mol. The predicted octanol–water partition coefficient (Wildman–Crippen LogP) is 5.35. The van der Waals surface area contributed by atoms with Gasteiger partial charge in [-0.1, -0.05) is 29.5 Å². The Kier molecular flexibility index (Phi) is 8.31. The van der Waals surface area contributed by atoms with Crippen LogP contribution in [-0.2, 0) is 0 Å². The van der Waals surface area contributed by atoms with E-state index in [9.17, 15) is 4.79 Å². The Hall–Kier alpha value is -1.60. The van der Waals surface area contributed by atoms with Gasteiger partial charge in [0.2, 0.25) is 0 Å². The van der Waals surface area contributed by atoms with Gasteiger partial charge in [-0.25, -0.2) is 4.98 Å². The van der Waals surface area contributed by atoms with E-state index in [1.807, 2.05) is 41.5 Å². The zero-order chi connectivity index (χ0) is 19.4. The number of aromatic nitrogens is 1. The van der Waals surface area contributed by atoms with E-state index in [-0.39, 0.29) is 18.3 Å². The van der Waals surface area contributed by atoms with Crippen LogP contribution in [-0.4, -0.2) is 49.2 Å². The van der Waals surface area contributed by atoms with Crippen LogP contribution in [0.4, 0.5) is 5.13 Å². The first kappa shape index (κ1) is 22.7. The summed E-state index contributed by atoms with van der Waals surface area (Å²) in [6.45, 7) is 3.66. The van der Waals surface area contributed by atoms with Crippen molar-refractivity contribution in [3.8, 4) is 0 Å². The number of fused-ring (bicyclic) bond motifs is 1. The quantitative estimate of drug-likeness (QED) is 0.469. The highest BCUT2D eigenvalue weighted by atomic mass is 35.5. The van der Waals surface area contributed by atoms with Crippen molar-refractivity contribution in [2.45, 2.75) is 18.2 Å². The molecule has 0 aliphatic heterocycles. The van der Waals surface area contributed by atoms with Crippen molar-refractivity contribution in [3.63, 3.8) is 0 Å². The Labute approximate surface area is 181 Å². The Morgan fingerprint density at radius 3 is 2.61 bits per heavy atom. The molecule has 0 saturated heterocycles. The number of hydrogen-bond acceptors (Lipinski definition) is 5. The van der Waals surface area contributed by atoms with Crippen LogP contribution in [0.5, 0.6) is 0 Å². The molecule has 0 unspecified atom stereocenters. The summed E-state index contributed by atoms with van der Waals surface area (Å²) >= 11 is 3.19. The van der Waals surface area contributed by atoms with E-state index < -0.39 is 0 Å². The summed E-state index contributed by atoms with van der Waals surface area (Å²) < 4.78 is 1.12. The van der Waals surface area contributed by atoms with Crippen LogP contribution >= 0.6 is 35.5 Å². The lowest BCUT2D eigenvalue weighted by atomic mass is 10.2. The molecule has 1 heterocycles. The first-order valence-electron chi connectivity index (χ1n) is 8.96. The lowest BCUT2D eigenvalue weighted by Gasteiger charge is -2.22. The molecule has 0 bridgehead atoms. The van der Waals surface area contributed by atoms with Gasteiger partial charge in [-0.2, -0.15) is 0 Å². The number of hydrogen-bond donors (Lipinski definition) is 0. The number of nitrogens with zero attached hydrogens (tertiary/aromatic N) is 3. The molecule has 0 aliphatic rings. The molecule has 0 fully saturated rings. The van der Waals surface area contributed by atoms with Crippen LogP contribution in [0.3, 0.4) is 0 Å². The molecule has 3 aromatic rings. The maximum Gasteiger partial charge on any atom is 0.261 e. The summed E-state index contributed by atoms with van der Waals surface area (Å²) in [6, 6.07) is 14.0. The minimum absolute atomic E-state index is 0. The van der Waals surface area contributed by atoms with Gasteiger partial charge in [-0.15, -0.1) is 24.2 Å². The minimum atomic E-state index is 0. The topological polar surface area (TPSA) is 36.4 Å². The molecule has 2 aromatic carbocycles. The van der Waals surface area contributed by atoms with Gasteiger partial charge in [0, 0.05) is 11.4 Å². The van der Waals surface area contributed by atoms with Crippen molar-refractivity contribution < 1.29 is 4.79 Å². The van der Waals surface area contributed by atoms with E-state index in [2.05, 4.69) is 38.1 Å². The molecule has 7 heteroatoms. The van der Waals surface area contributed by atoms with Gasteiger partial charge >= 0.3 is 0 Å². The van der Waals surface area contributed by atoms with Crippen LogP contribution in [0, 0.1) is 6.92 Å². The highest BCUT2D eigenvalue weighted by Gasteiger charge is 2.23. The first-order valence-corrected chi connectivity index (χ1v) is 11.0. The van der Waals surface area contributed by atoms with Crippen molar-refractivity contribution in [1.29, 1.82) is 0 Å². The zero-order valence-corrected chi connectivity index (χ0v) is 19.1. The third-order valence-corrected chi connectivity index (χ3v) is 6.17. The molecule has 1 aromatic heterocycles. The average molecular weight is 436 g/mol. The van der Waals surface area contributed by atoms with Crippen molar-refractivity contribution in [1.82, 2.24) is 9.88 Å². The van der Waals surface area contributed by atoms with Gasteiger partial charge in [-0.05, 0) is 70.1 Å². The maximum absolute atomic E-state index is 13.4. The van der Waals surface area contributed by atoms with E-state index in [4.69, 9.17) is 4.98 Å².